The van der Waals surface area contributed by atoms with Gasteiger partial charge in [0.1, 0.15) is 19.3 Å². The molecule has 0 radical (unpaired) electrons. The summed E-state index contributed by atoms with van der Waals surface area (Å²) in [7, 11) is -9.98. The van der Waals surface area contributed by atoms with Crippen molar-refractivity contribution in [1.82, 2.24) is 0 Å². The molecule has 0 aromatic rings. The lowest BCUT2D eigenvalue weighted by Crippen LogP contribution is -2.30. The number of hydrogen-bond acceptors (Lipinski definition) is 15. The van der Waals surface area contributed by atoms with E-state index in [1.54, 1.807) is 0 Å². The van der Waals surface area contributed by atoms with E-state index in [1.807, 2.05) is 0 Å². The van der Waals surface area contributed by atoms with Gasteiger partial charge in [0.05, 0.1) is 26.4 Å². The SMILES string of the molecule is CC/C=C\C/C=C\C/C=C\C/C=C\C/C=C\CCCCCC(=O)OCC(COP(=O)(O)OCC(O)COP(=O)(O)OCC(COC(=O)CCCCCCC/C=C\C/C=C\CCCCC)OC(=O)CCCCCCC/C=C\C/C=C\CCCCC)OC(=O)CCCCCCC/C=C\C/C=C\CCCCC. The van der Waals surface area contributed by atoms with Crippen LogP contribution in [0.4, 0.5) is 0 Å². The first-order chi connectivity index (χ1) is 50.7. The maximum Gasteiger partial charge on any atom is 0.472 e. The number of allylic oxidation sites excluding steroid dienone is 22. The Labute approximate surface area is 631 Å². The van der Waals surface area contributed by atoms with Crippen molar-refractivity contribution >= 4 is 39.5 Å². The second kappa shape index (κ2) is 76.4. The molecule has 0 saturated carbocycles. The molecule has 0 aromatic heterocycles. The van der Waals surface area contributed by atoms with Crippen LogP contribution < -0.4 is 0 Å². The minimum Gasteiger partial charge on any atom is -0.462 e. The zero-order chi connectivity index (χ0) is 76.0. The predicted octanol–water partition coefficient (Wildman–Crippen LogP) is 23.7. The summed E-state index contributed by atoms with van der Waals surface area (Å²) < 4.78 is 68.6. The van der Waals surface area contributed by atoms with E-state index in [0.717, 1.165) is 186 Å². The standard InChI is InChI=1S/C85H144O17P2/c1-5-9-13-17-21-25-29-33-37-38-39-40-44-46-50-54-58-62-66-70-83(88)96-76-81(102-85(90)72-68-64-60-56-52-48-43-36-32-28-24-20-16-12-8-4)78-100-104(93,94)98-74-79(86)73-97-103(91,92)99-77-80(101-84(89)71-67-63-59-55-51-47-42-35-31-27-23-19-15-11-7-3)75-95-82(87)69-65-61-57-53-49-45-41-34-30-26-22-18-14-10-6-2/h9,13,21-28,33-37,39-43,46,50,79-81,86H,5-8,10-12,14-20,29-32,38,44-45,47-49,51-78H2,1-4H3,(H,91,92)(H,93,94)/b13-9-,25-21-,26-22-,27-23-,28-24-,37-33-,40-39-,41-34-,42-35-,43-36-,50-46-. The maximum atomic E-state index is 13.1. The summed E-state index contributed by atoms with van der Waals surface area (Å²) in [6, 6.07) is 0. The van der Waals surface area contributed by atoms with Gasteiger partial charge in [0.15, 0.2) is 12.2 Å². The van der Waals surface area contributed by atoms with Gasteiger partial charge in [-0.3, -0.25) is 37.3 Å². The van der Waals surface area contributed by atoms with Gasteiger partial charge in [-0.15, -0.1) is 0 Å². The Morgan fingerprint density at radius 3 is 0.779 bits per heavy atom. The topological polar surface area (TPSA) is 237 Å². The molecule has 19 heteroatoms. The molecule has 0 amide bonds. The van der Waals surface area contributed by atoms with E-state index in [1.165, 1.54) is 57.8 Å². The fraction of sp³-hybridized carbons (Fsp3) is 0.694. The average Bonchev–Trinajstić information content (AvgIpc) is 0.918. The number of hydrogen-bond donors (Lipinski definition) is 3. The van der Waals surface area contributed by atoms with Gasteiger partial charge >= 0.3 is 39.5 Å². The average molecular weight is 1500 g/mol. The lowest BCUT2D eigenvalue weighted by atomic mass is 10.1. The molecule has 0 bridgehead atoms. The van der Waals surface area contributed by atoms with Crippen molar-refractivity contribution in [3.63, 3.8) is 0 Å². The predicted molar refractivity (Wildman–Crippen MR) is 427 cm³/mol. The van der Waals surface area contributed by atoms with E-state index in [2.05, 4.69) is 161 Å². The number of rotatable bonds is 75. The van der Waals surface area contributed by atoms with Crippen molar-refractivity contribution in [3.8, 4) is 0 Å². The summed E-state index contributed by atoms with van der Waals surface area (Å²) in [6.07, 6.45) is 85.6. The Bertz CT molecular complexity index is 2490. The van der Waals surface area contributed by atoms with Crippen molar-refractivity contribution < 1.29 is 80.2 Å². The van der Waals surface area contributed by atoms with E-state index < -0.39 is 97.5 Å². The van der Waals surface area contributed by atoms with E-state index in [9.17, 15) is 43.2 Å². The Morgan fingerprint density at radius 1 is 0.279 bits per heavy atom. The molecule has 0 saturated heterocycles. The first kappa shape index (κ1) is 99.2. The van der Waals surface area contributed by atoms with Crippen molar-refractivity contribution in [2.45, 2.75) is 341 Å². The van der Waals surface area contributed by atoms with E-state index in [0.29, 0.717) is 25.7 Å². The first-order valence-corrected chi connectivity index (χ1v) is 43.4. The third-order valence-electron chi connectivity index (χ3n) is 16.6. The van der Waals surface area contributed by atoms with Crippen LogP contribution in [0.1, 0.15) is 323 Å². The third-order valence-corrected chi connectivity index (χ3v) is 18.5. The highest BCUT2D eigenvalue weighted by molar-refractivity contribution is 7.47. The Hall–Kier alpha value is -4.80. The van der Waals surface area contributed by atoms with E-state index >= 15 is 0 Å². The normalized spacial score (nSPS) is 14.6. The molecule has 0 fully saturated rings. The van der Waals surface area contributed by atoms with Crippen LogP contribution in [0, 0.1) is 0 Å². The largest absolute Gasteiger partial charge is 0.472 e. The Balaban J connectivity index is 5.43. The molecule has 5 unspecified atom stereocenters. The summed E-state index contributed by atoms with van der Waals surface area (Å²) in [5.41, 5.74) is 0. The van der Waals surface area contributed by atoms with Crippen LogP contribution in [-0.2, 0) is 65.4 Å². The summed E-state index contributed by atoms with van der Waals surface area (Å²) >= 11 is 0. The quantitative estimate of drug-likeness (QED) is 0.0169. The molecule has 596 valence electrons. The van der Waals surface area contributed by atoms with Crippen LogP contribution in [0.15, 0.2) is 134 Å². The van der Waals surface area contributed by atoms with Crippen molar-refractivity contribution in [1.29, 1.82) is 0 Å². The highest BCUT2D eigenvalue weighted by Gasteiger charge is 2.30. The summed E-state index contributed by atoms with van der Waals surface area (Å²) in [5, 5.41) is 10.6. The first-order valence-electron chi connectivity index (χ1n) is 40.4. The number of phosphoric acid groups is 2. The summed E-state index contributed by atoms with van der Waals surface area (Å²) in [5.74, 6) is -2.25. The molecule has 0 aliphatic rings. The highest BCUT2D eigenvalue weighted by Crippen LogP contribution is 2.45. The van der Waals surface area contributed by atoms with E-state index in [-0.39, 0.29) is 25.7 Å². The van der Waals surface area contributed by atoms with Gasteiger partial charge in [0, 0.05) is 25.7 Å². The number of aliphatic hydroxyl groups excluding tert-OH is 1. The minimum absolute atomic E-state index is 0.0676. The molecule has 5 atom stereocenters. The van der Waals surface area contributed by atoms with Gasteiger partial charge in [0.25, 0.3) is 0 Å². The minimum atomic E-state index is -4.99. The zero-order valence-electron chi connectivity index (χ0n) is 65.2. The zero-order valence-corrected chi connectivity index (χ0v) is 66.9. The number of phosphoric ester groups is 2. The Morgan fingerprint density at radius 2 is 0.500 bits per heavy atom. The third kappa shape index (κ3) is 75.4. The molecule has 0 aromatic carbocycles. The van der Waals surface area contributed by atoms with Gasteiger partial charge in [-0.1, -0.05) is 264 Å². The second-order valence-corrected chi connectivity index (χ2v) is 29.5. The molecule has 0 aliphatic heterocycles. The molecule has 0 aliphatic carbocycles. The van der Waals surface area contributed by atoms with Crippen LogP contribution in [0.25, 0.3) is 0 Å². The van der Waals surface area contributed by atoms with Gasteiger partial charge in [0.2, 0.25) is 0 Å². The van der Waals surface area contributed by atoms with Crippen LogP contribution in [0.2, 0.25) is 0 Å². The highest BCUT2D eigenvalue weighted by atomic mass is 31.2. The molecular formula is C85H144O17P2. The molecule has 104 heavy (non-hydrogen) atoms. The number of unbranched alkanes of at least 4 members (excludes halogenated alkanes) is 27. The number of ether oxygens (including phenoxy) is 4. The lowest BCUT2D eigenvalue weighted by molar-refractivity contribution is -0.161. The summed E-state index contributed by atoms with van der Waals surface area (Å²) in [4.78, 5) is 73.1. The smallest absolute Gasteiger partial charge is 0.462 e. The van der Waals surface area contributed by atoms with Crippen LogP contribution in [0.3, 0.4) is 0 Å². The molecular weight excluding hydrogens is 1350 g/mol. The van der Waals surface area contributed by atoms with Gasteiger partial charge in [-0.25, -0.2) is 9.13 Å². The molecule has 17 nitrogen and oxygen atoms in total. The number of carbonyl (C=O) groups is 4. The van der Waals surface area contributed by atoms with Crippen LogP contribution in [-0.4, -0.2) is 96.7 Å². The van der Waals surface area contributed by atoms with Crippen molar-refractivity contribution in [2.75, 3.05) is 39.6 Å². The maximum absolute atomic E-state index is 13.1. The molecule has 0 heterocycles. The second-order valence-electron chi connectivity index (χ2n) is 26.6. The van der Waals surface area contributed by atoms with Gasteiger partial charge in [-0.05, 0) is 167 Å². The van der Waals surface area contributed by atoms with Gasteiger partial charge in [-0.2, -0.15) is 0 Å². The fourth-order valence-corrected chi connectivity index (χ4v) is 12.0. The lowest BCUT2D eigenvalue weighted by Gasteiger charge is -2.21. The van der Waals surface area contributed by atoms with Crippen molar-refractivity contribution in [3.05, 3.63) is 134 Å². The fourth-order valence-electron chi connectivity index (χ4n) is 10.4. The van der Waals surface area contributed by atoms with Crippen LogP contribution in [0.5, 0.6) is 0 Å². The Kier molecular flexibility index (Phi) is 72.9. The number of carbonyl (C=O) groups excluding carboxylic acids is 4. The van der Waals surface area contributed by atoms with Crippen molar-refractivity contribution in [2.24, 2.45) is 0 Å². The molecule has 0 rings (SSSR count). The number of esters is 4. The van der Waals surface area contributed by atoms with Gasteiger partial charge < -0.3 is 33.8 Å². The van der Waals surface area contributed by atoms with E-state index in [4.69, 9.17) is 37.0 Å². The molecule has 0 spiro atoms. The monoisotopic (exact) mass is 1500 g/mol. The molecule has 3 N–H and O–H groups in total. The summed E-state index contributed by atoms with van der Waals surface area (Å²) in [6.45, 7) is 4.61. The van der Waals surface area contributed by atoms with Crippen LogP contribution >= 0.6 is 15.6 Å². The number of aliphatic hydroxyl groups is 1.